The summed E-state index contributed by atoms with van der Waals surface area (Å²) in [6.45, 7) is 0. The van der Waals surface area contributed by atoms with Crippen LogP contribution in [0.2, 0.25) is 0 Å². The number of benzene rings is 1. The summed E-state index contributed by atoms with van der Waals surface area (Å²) in [6.07, 6.45) is -2.21. The van der Waals surface area contributed by atoms with Crippen molar-refractivity contribution >= 4 is 6.03 Å². The number of alkyl halides is 3. The highest BCUT2D eigenvalue weighted by Crippen LogP contribution is 2.35. The number of pyridine rings is 1. The summed E-state index contributed by atoms with van der Waals surface area (Å²) in [7, 11) is 0. The van der Waals surface area contributed by atoms with Crippen molar-refractivity contribution in [2.24, 2.45) is 5.73 Å². The van der Waals surface area contributed by atoms with Crippen LogP contribution in [0.4, 0.5) is 18.0 Å². The third-order valence-corrected chi connectivity index (χ3v) is 3.79. The number of rotatable bonds is 3. The molecule has 3 N–H and O–H groups in total. The summed E-state index contributed by atoms with van der Waals surface area (Å²) in [5.74, 6) is 0.550. The average Bonchev–Trinajstić information content (AvgIpc) is 2.88. The van der Waals surface area contributed by atoms with Gasteiger partial charge in [0.15, 0.2) is 0 Å². The van der Waals surface area contributed by atoms with Gasteiger partial charge in [0, 0.05) is 12.3 Å². The van der Waals surface area contributed by atoms with Crippen molar-refractivity contribution in [3.8, 4) is 11.6 Å². The summed E-state index contributed by atoms with van der Waals surface area (Å²) >= 11 is 0. The molecule has 0 fully saturated rings. The second-order valence-corrected chi connectivity index (χ2v) is 5.45. The minimum absolute atomic E-state index is 0.0766. The van der Waals surface area contributed by atoms with Crippen LogP contribution in [-0.4, -0.2) is 11.0 Å². The standard InChI is InChI=1S/C16H14F3N3O2/c17-16(18,19)10-2-6-14(21-8-10)24-11-3-4-12-9(7-11)1-5-13(12)22-15(20)23/h2-4,6-8,13H,1,5H2,(H3,20,22,23). The normalized spacial score (nSPS) is 16.5. The fraction of sp³-hybridized carbons (Fsp3) is 0.250. The monoisotopic (exact) mass is 337 g/mol. The van der Waals surface area contributed by atoms with Crippen LogP contribution >= 0.6 is 0 Å². The largest absolute Gasteiger partial charge is 0.439 e. The summed E-state index contributed by atoms with van der Waals surface area (Å²) < 4.78 is 43.0. The molecule has 0 spiro atoms. The lowest BCUT2D eigenvalue weighted by Crippen LogP contribution is -2.32. The average molecular weight is 337 g/mol. The Hall–Kier alpha value is -2.77. The van der Waals surface area contributed by atoms with E-state index in [0.717, 1.165) is 36.2 Å². The number of carbonyl (C=O) groups is 1. The number of halogens is 3. The molecule has 24 heavy (non-hydrogen) atoms. The van der Waals surface area contributed by atoms with Crippen molar-refractivity contribution in [3.63, 3.8) is 0 Å². The van der Waals surface area contributed by atoms with Crippen LogP contribution in [0, 0.1) is 0 Å². The summed E-state index contributed by atoms with van der Waals surface area (Å²) in [4.78, 5) is 14.6. The number of amides is 2. The van der Waals surface area contributed by atoms with E-state index in [1.54, 1.807) is 12.1 Å². The van der Waals surface area contributed by atoms with Gasteiger partial charge in [0.2, 0.25) is 5.88 Å². The molecule has 1 heterocycles. The van der Waals surface area contributed by atoms with E-state index in [-0.39, 0.29) is 11.9 Å². The van der Waals surface area contributed by atoms with Gasteiger partial charge in [0.25, 0.3) is 0 Å². The number of nitrogens with one attached hydrogen (secondary N) is 1. The van der Waals surface area contributed by atoms with Crippen LogP contribution < -0.4 is 15.8 Å². The van der Waals surface area contributed by atoms with Crippen LogP contribution in [0.15, 0.2) is 36.5 Å². The van der Waals surface area contributed by atoms with Gasteiger partial charge < -0.3 is 15.8 Å². The molecular weight excluding hydrogens is 323 g/mol. The Morgan fingerprint density at radius 2 is 2.08 bits per heavy atom. The summed E-state index contributed by atoms with van der Waals surface area (Å²) in [6, 6.07) is 6.66. The van der Waals surface area contributed by atoms with E-state index in [1.807, 2.05) is 6.07 Å². The first-order chi connectivity index (χ1) is 11.3. The van der Waals surface area contributed by atoms with E-state index < -0.39 is 17.8 Å². The molecule has 126 valence electrons. The van der Waals surface area contributed by atoms with E-state index in [0.29, 0.717) is 5.75 Å². The van der Waals surface area contributed by atoms with Crippen LogP contribution in [0.1, 0.15) is 29.2 Å². The molecule has 1 aromatic heterocycles. The minimum Gasteiger partial charge on any atom is -0.439 e. The molecule has 2 aromatic rings. The van der Waals surface area contributed by atoms with Crippen LogP contribution in [0.3, 0.4) is 0 Å². The second-order valence-electron chi connectivity index (χ2n) is 5.45. The SMILES string of the molecule is NC(=O)NC1CCc2cc(Oc3ccc(C(F)(F)F)cn3)ccc21. The number of urea groups is 1. The number of carbonyl (C=O) groups excluding carboxylic acids is 1. The molecule has 5 nitrogen and oxygen atoms in total. The molecule has 1 aromatic carbocycles. The number of primary amides is 1. The maximum absolute atomic E-state index is 12.5. The molecule has 3 rings (SSSR count). The maximum Gasteiger partial charge on any atom is 0.417 e. The smallest absolute Gasteiger partial charge is 0.417 e. The molecule has 8 heteroatoms. The number of hydrogen-bond acceptors (Lipinski definition) is 3. The van der Waals surface area contributed by atoms with E-state index in [4.69, 9.17) is 10.5 Å². The van der Waals surface area contributed by atoms with Gasteiger partial charge in [-0.3, -0.25) is 0 Å². The highest BCUT2D eigenvalue weighted by Gasteiger charge is 2.30. The predicted molar refractivity (Wildman–Crippen MR) is 79.5 cm³/mol. The van der Waals surface area contributed by atoms with E-state index in [2.05, 4.69) is 10.3 Å². The van der Waals surface area contributed by atoms with Crippen LogP contribution in [-0.2, 0) is 12.6 Å². The third-order valence-electron chi connectivity index (χ3n) is 3.79. The topological polar surface area (TPSA) is 77.2 Å². The lowest BCUT2D eigenvalue weighted by Gasteiger charge is -2.13. The van der Waals surface area contributed by atoms with Gasteiger partial charge in [0.05, 0.1) is 11.6 Å². The first-order valence-corrected chi connectivity index (χ1v) is 7.23. The van der Waals surface area contributed by atoms with Crippen molar-refractivity contribution in [1.82, 2.24) is 10.3 Å². The zero-order valence-electron chi connectivity index (χ0n) is 12.4. The molecule has 0 saturated carbocycles. The van der Waals surface area contributed by atoms with Gasteiger partial charge in [0.1, 0.15) is 5.75 Å². The number of fused-ring (bicyclic) bond motifs is 1. The van der Waals surface area contributed by atoms with Crippen molar-refractivity contribution in [1.29, 1.82) is 0 Å². The lowest BCUT2D eigenvalue weighted by molar-refractivity contribution is -0.137. The Bertz CT molecular complexity index is 760. The molecule has 1 aliphatic rings. The molecule has 0 saturated heterocycles. The van der Waals surface area contributed by atoms with E-state index >= 15 is 0 Å². The summed E-state index contributed by atoms with van der Waals surface area (Å²) in [5.41, 5.74) is 6.27. The van der Waals surface area contributed by atoms with Gasteiger partial charge in [-0.2, -0.15) is 13.2 Å². The molecule has 1 atom stereocenters. The van der Waals surface area contributed by atoms with Gasteiger partial charge >= 0.3 is 12.2 Å². The summed E-state index contributed by atoms with van der Waals surface area (Å²) in [5, 5.41) is 2.67. The van der Waals surface area contributed by atoms with E-state index in [1.165, 1.54) is 6.07 Å². The van der Waals surface area contributed by atoms with Gasteiger partial charge in [-0.1, -0.05) is 6.07 Å². The Balaban J connectivity index is 1.74. The highest BCUT2D eigenvalue weighted by atomic mass is 19.4. The Morgan fingerprint density at radius 1 is 1.29 bits per heavy atom. The zero-order valence-corrected chi connectivity index (χ0v) is 12.4. The molecule has 1 aliphatic carbocycles. The predicted octanol–water partition coefficient (Wildman–Crippen LogP) is 3.55. The number of aryl methyl sites for hydroxylation is 1. The molecular formula is C16H14F3N3O2. The highest BCUT2D eigenvalue weighted by molar-refractivity contribution is 5.72. The number of hydrogen-bond donors (Lipinski definition) is 2. The van der Waals surface area contributed by atoms with E-state index in [9.17, 15) is 18.0 Å². The number of aromatic nitrogens is 1. The van der Waals surface area contributed by atoms with Crippen LogP contribution in [0.25, 0.3) is 0 Å². The van der Waals surface area contributed by atoms with Gasteiger partial charge in [-0.05, 0) is 42.2 Å². The van der Waals surface area contributed by atoms with Gasteiger partial charge in [-0.25, -0.2) is 9.78 Å². The maximum atomic E-state index is 12.5. The third kappa shape index (κ3) is 3.42. The zero-order chi connectivity index (χ0) is 17.3. The number of nitrogens with zero attached hydrogens (tertiary/aromatic N) is 1. The fourth-order valence-electron chi connectivity index (χ4n) is 2.71. The quantitative estimate of drug-likeness (QED) is 0.899. The molecule has 0 radical (unpaired) electrons. The number of ether oxygens (including phenoxy) is 1. The lowest BCUT2D eigenvalue weighted by atomic mass is 10.1. The molecule has 1 unspecified atom stereocenters. The molecule has 2 amide bonds. The Kier molecular flexibility index (Phi) is 4.04. The fourth-order valence-corrected chi connectivity index (χ4v) is 2.71. The first kappa shape index (κ1) is 16.1. The number of nitrogens with two attached hydrogens (primary N) is 1. The van der Waals surface area contributed by atoms with Crippen molar-refractivity contribution in [2.75, 3.05) is 0 Å². The van der Waals surface area contributed by atoms with Crippen molar-refractivity contribution in [3.05, 3.63) is 53.2 Å². The van der Waals surface area contributed by atoms with Crippen molar-refractivity contribution < 1.29 is 22.7 Å². The first-order valence-electron chi connectivity index (χ1n) is 7.23. The molecule has 0 aliphatic heterocycles. The Morgan fingerprint density at radius 3 is 2.71 bits per heavy atom. The van der Waals surface area contributed by atoms with Crippen molar-refractivity contribution in [2.45, 2.75) is 25.1 Å². The second kappa shape index (κ2) is 6.03. The minimum atomic E-state index is -4.43. The Labute approximate surface area is 135 Å². The van der Waals surface area contributed by atoms with Crippen LogP contribution in [0.5, 0.6) is 11.6 Å². The molecule has 0 bridgehead atoms. The van der Waals surface area contributed by atoms with Gasteiger partial charge in [-0.15, -0.1) is 0 Å².